The van der Waals surface area contributed by atoms with Crippen molar-refractivity contribution in [3.05, 3.63) is 22.4 Å². The average Bonchev–Trinajstić information content (AvgIpc) is 3.12. The van der Waals surface area contributed by atoms with Crippen LogP contribution in [0.3, 0.4) is 0 Å². The summed E-state index contributed by atoms with van der Waals surface area (Å²) in [5, 5.41) is 8.14. The van der Waals surface area contributed by atoms with Gasteiger partial charge in [0, 0.05) is 39.6 Å². The summed E-state index contributed by atoms with van der Waals surface area (Å²) in [6, 6.07) is 3.69. The van der Waals surface area contributed by atoms with Gasteiger partial charge in [-0.05, 0) is 36.6 Å². The van der Waals surface area contributed by atoms with Crippen molar-refractivity contribution < 1.29 is 9.59 Å². The second kappa shape index (κ2) is 12.1. The molecular formula is C17H28IN5O2S. The molecular weight excluding hydrogens is 465 g/mol. The first-order chi connectivity index (χ1) is 12.1. The summed E-state index contributed by atoms with van der Waals surface area (Å²) in [4.78, 5) is 30.2. The molecule has 1 saturated heterocycles. The van der Waals surface area contributed by atoms with Crippen LogP contribution < -0.4 is 16.4 Å². The van der Waals surface area contributed by atoms with Gasteiger partial charge in [0.05, 0.1) is 4.88 Å². The van der Waals surface area contributed by atoms with Crippen molar-refractivity contribution in [1.29, 1.82) is 0 Å². The Bertz CT molecular complexity index is 594. The van der Waals surface area contributed by atoms with Crippen LogP contribution in [0.5, 0.6) is 0 Å². The normalized spacial score (nSPS) is 17.3. The van der Waals surface area contributed by atoms with Crippen LogP contribution in [-0.4, -0.2) is 55.9 Å². The Morgan fingerprint density at radius 3 is 2.81 bits per heavy atom. The summed E-state index contributed by atoms with van der Waals surface area (Å²) in [7, 11) is 1.76. The summed E-state index contributed by atoms with van der Waals surface area (Å²) in [5.74, 6) is 0.884. The number of nitrogens with zero attached hydrogens (tertiary/aromatic N) is 2. The number of primary amides is 1. The predicted octanol–water partition coefficient (Wildman–Crippen LogP) is 1.65. The number of aliphatic imine (C=N–C) groups is 1. The molecule has 146 valence electrons. The fourth-order valence-corrected chi connectivity index (χ4v) is 3.67. The summed E-state index contributed by atoms with van der Waals surface area (Å²) in [6.07, 6.45) is 3.32. The summed E-state index contributed by atoms with van der Waals surface area (Å²) < 4.78 is 0. The maximum absolute atomic E-state index is 11.8. The molecule has 0 bridgehead atoms. The minimum atomic E-state index is -0.240. The molecule has 2 amide bonds. The van der Waals surface area contributed by atoms with Gasteiger partial charge in [0.1, 0.15) is 0 Å². The van der Waals surface area contributed by atoms with Gasteiger partial charge < -0.3 is 21.3 Å². The SMILES string of the molecule is CN=C(NCCCNC(=O)c1cccs1)N1CCCC(CC(N)=O)C1.I. The van der Waals surface area contributed by atoms with Crippen LogP contribution in [0, 0.1) is 5.92 Å². The van der Waals surface area contributed by atoms with E-state index >= 15 is 0 Å². The van der Waals surface area contributed by atoms with Crippen molar-refractivity contribution in [1.82, 2.24) is 15.5 Å². The van der Waals surface area contributed by atoms with Crippen LogP contribution in [0.15, 0.2) is 22.5 Å². The maximum atomic E-state index is 11.8. The second-order valence-corrected chi connectivity index (χ2v) is 7.13. The highest BCUT2D eigenvalue weighted by molar-refractivity contribution is 14.0. The highest BCUT2D eigenvalue weighted by Gasteiger charge is 2.23. The number of piperidine rings is 1. The number of rotatable bonds is 7. The number of hydrogen-bond acceptors (Lipinski definition) is 4. The molecule has 1 unspecified atom stereocenters. The van der Waals surface area contributed by atoms with Crippen LogP contribution in [0.2, 0.25) is 0 Å². The Kier molecular flexibility index (Phi) is 10.6. The van der Waals surface area contributed by atoms with Gasteiger partial charge in [-0.15, -0.1) is 35.3 Å². The number of carbonyl (C=O) groups is 2. The zero-order valence-corrected chi connectivity index (χ0v) is 18.2. The number of thiophene rings is 1. The van der Waals surface area contributed by atoms with E-state index in [9.17, 15) is 9.59 Å². The third kappa shape index (κ3) is 7.48. The van der Waals surface area contributed by atoms with Crippen molar-refractivity contribution in [2.75, 3.05) is 33.2 Å². The van der Waals surface area contributed by atoms with Crippen LogP contribution in [0.25, 0.3) is 0 Å². The van der Waals surface area contributed by atoms with Crippen molar-refractivity contribution in [3.8, 4) is 0 Å². The second-order valence-electron chi connectivity index (χ2n) is 6.19. The lowest BCUT2D eigenvalue weighted by Gasteiger charge is -2.34. The largest absolute Gasteiger partial charge is 0.370 e. The maximum Gasteiger partial charge on any atom is 0.261 e. The molecule has 0 saturated carbocycles. The van der Waals surface area contributed by atoms with Crippen molar-refractivity contribution in [2.24, 2.45) is 16.6 Å². The smallest absolute Gasteiger partial charge is 0.261 e. The van der Waals surface area contributed by atoms with Crippen LogP contribution >= 0.6 is 35.3 Å². The minimum absolute atomic E-state index is 0. The Hall–Kier alpha value is -1.36. The molecule has 1 atom stereocenters. The van der Waals surface area contributed by atoms with E-state index in [1.54, 1.807) is 7.05 Å². The molecule has 4 N–H and O–H groups in total. The van der Waals surface area contributed by atoms with E-state index in [0.717, 1.165) is 49.7 Å². The number of hydrogen-bond donors (Lipinski definition) is 3. The molecule has 9 heteroatoms. The van der Waals surface area contributed by atoms with Gasteiger partial charge >= 0.3 is 0 Å². The molecule has 2 heterocycles. The van der Waals surface area contributed by atoms with E-state index in [1.807, 2.05) is 17.5 Å². The number of nitrogens with one attached hydrogen (secondary N) is 2. The van der Waals surface area contributed by atoms with Gasteiger partial charge in [0.2, 0.25) is 5.91 Å². The number of nitrogens with two attached hydrogens (primary N) is 1. The lowest BCUT2D eigenvalue weighted by atomic mass is 9.95. The summed E-state index contributed by atoms with van der Waals surface area (Å²) in [5.41, 5.74) is 5.31. The van der Waals surface area contributed by atoms with Gasteiger partial charge in [-0.3, -0.25) is 14.6 Å². The van der Waals surface area contributed by atoms with E-state index in [0.29, 0.717) is 18.9 Å². The lowest BCUT2D eigenvalue weighted by molar-refractivity contribution is -0.119. The van der Waals surface area contributed by atoms with E-state index in [1.165, 1.54) is 11.3 Å². The van der Waals surface area contributed by atoms with Crippen molar-refractivity contribution in [2.45, 2.75) is 25.7 Å². The van der Waals surface area contributed by atoms with Gasteiger partial charge in [-0.2, -0.15) is 0 Å². The summed E-state index contributed by atoms with van der Waals surface area (Å²) >= 11 is 1.44. The molecule has 0 spiro atoms. The standard InChI is InChI=1S/C17H27N5O2S.HI/c1-19-17(22-9-2-5-13(12-22)11-15(18)23)21-8-4-7-20-16(24)14-6-3-10-25-14;/h3,6,10,13H,2,4-5,7-9,11-12H2,1H3,(H2,18,23)(H,19,21)(H,20,24);1H. The molecule has 7 nitrogen and oxygen atoms in total. The lowest BCUT2D eigenvalue weighted by Crippen LogP contribution is -2.47. The fraction of sp³-hybridized carbons (Fsp3) is 0.588. The third-order valence-corrected chi connectivity index (χ3v) is 5.06. The highest BCUT2D eigenvalue weighted by Crippen LogP contribution is 2.19. The van der Waals surface area contributed by atoms with Gasteiger partial charge in [0.25, 0.3) is 5.91 Å². The van der Waals surface area contributed by atoms with Crippen LogP contribution in [-0.2, 0) is 4.79 Å². The zero-order valence-electron chi connectivity index (χ0n) is 15.1. The molecule has 26 heavy (non-hydrogen) atoms. The van der Waals surface area contributed by atoms with Gasteiger partial charge in [0.15, 0.2) is 5.96 Å². The Morgan fingerprint density at radius 1 is 1.38 bits per heavy atom. The topological polar surface area (TPSA) is 99.8 Å². The number of likely N-dealkylation sites (tertiary alicyclic amines) is 1. The number of amides is 2. The Morgan fingerprint density at radius 2 is 2.15 bits per heavy atom. The molecule has 1 aromatic rings. The van der Waals surface area contributed by atoms with E-state index in [4.69, 9.17) is 5.73 Å². The van der Waals surface area contributed by atoms with Crippen molar-refractivity contribution >= 4 is 53.1 Å². The molecule has 0 aliphatic carbocycles. The number of halogens is 1. The van der Waals surface area contributed by atoms with Crippen molar-refractivity contribution in [3.63, 3.8) is 0 Å². The first-order valence-corrected chi connectivity index (χ1v) is 9.53. The van der Waals surface area contributed by atoms with E-state index in [2.05, 4.69) is 20.5 Å². The van der Waals surface area contributed by atoms with Gasteiger partial charge in [-0.1, -0.05) is 6.07 Å². The molecule has 1 fully saturated rings. The molecule has 1 aliphatic rings. The Labute approximate surface area is 175 Å². The monoisotopic (exact) mass is 493 g/mol. The summed E-state index contributed by atoms with van der Waals surface area (Å²) in [6.45, 7) is 3.08. The van der Waals surface area contributed by atoms with E-state index in [-0.39, 0.29) is 35.8 Å². The number of carbonyl (C=O) groups excluding carboxylic acids is 2. The van der Waals surface area contributed by atoms with Gasteiger partial charge in [-0.25, -0.2) is 0 Å². The molecule has 0 radical (unpaired) electrons. The molecule has 2 rings (SSSR count). The molecule has 1 aromatic heterocycles. The fourth-order valence-electron chi connectivity index (χ4n) is 3.03. The first-order valence-electron chi connectivity index (χ1n) is 8.65. The first kappa shape index (κ1) is 22.7. The zero-order chi connectivity index (χ0) is 18.1. The van der Waals surface area contributed by atoms with Crippen LogP contribution in [0.1, 0.15) is 35.4 Å². The number of guanidine groups is 1. The minimum Gasteiger partial charge on any atom is -0.370 e. The predicted molar refractivity (Wildman–Crippen MR) is 116 cm³/mol. The quantitative estimate of drug-likeness (QED) is 0.233. The average molecular weight is 493 g/mol. The third-order valence-electron chi connectivity index (χ3n) is 4.19. The van der Waals surface area contributed by atoms with E-state index < -0.39 is 0 Å². The van der Waals surface area contributed by atoms with Crippen LogP contribution in [0.4, 0.5) is 0 Å². The molecule has 1 aliphatic heterocycles. The highest BCUT2D eigenvalue weighted by atomic mass is 127. The molecule has 0 aromatic carbocycles. The Balaban J connectivity index is 0.00000338.